The second-order valence-corrected chi connectivity index (χ2v) is 6.75. The molecule has 4 heteroatoms. The number of hydrogen-bond acceptors (Lipinski definition) is 2. The molecule has 0 aliphatic carbocycles. The van der Waals surface area contributed by atoms with E-state index in [-0.39, 0.29) is 0 Å². The maximum absolute atomic E-state index is 5.80. The fourth-order valence-electron chi connectivity index (χ4n) is 1.49. The second-order valence-electron chi connectivity index (χ2n) is 3.06. The molecular weight excluding hydrogens is 216 g/mol. The molecule has 0 aromatic carbocycles. The van der Waals surface area contributed by atoms with Gasteiger partial charge in [-0.3, -0.25) is 0 Å². The average molecular weight is 237 g/mol. The van der Waals surface area contributed by atoms with Gasteiger partial charge in [-0.25, -0.2) is 0 Å². The number of allylic oxidation sites excluding steroid dienone is 1. The zero-order valence-corrected chi connectivity index (χ0v) is 11.0. The van der Waals surface area contributed by atoms with Gasteiger partial charge >= 0.3 is 8.56 Å². The van der Waals surface area contributed by atoms with Crippen LogP contribution in [0, 0.1) is 0 Å². The average Bonchev–Trinajstić information content (AvgIpc) is 2.16. The van der Waals surface area contributed by atoms with E-state index < -0.39 is 8.56 Å². The third-order valence-electron chi connectivity index (χ3n) is 1.96. The highest BCUT2D eigenvalue weighted by Crippen LogP contribution is 2.21. The van der Waals surface area contributed by atoms with Crippen LogP contribution >= 0.6 is 11.6 Å². The van der Waals surface area contributed by atoms with Crippen LogP contribution in [0.4, 0.5) is 0 Å². The lowest BCUT2D eigenvalue weighted by Gasteiger charge is -2.28. The molecule has 2 nitrogen and oxygen atoms in total. The lowest BCUT2D eigenvalue weighted by Crippen LogP contribution is -2.41. The van der Waals surface area contributed by atoms with Gasteiger partial charge in [0, 0.05) is 25.1 Å². The molecule has 0 rings (SSSR count). The molecule has 0 aromatic rings. The van der Waals surface area contributed by atoms with Crippen LogP contribution in [0.25, 0.3) is 0 Å². The Balaban J connectivity index is 4.28. The Morgan fingerprint density at radius 2 is 1.86 bits per heavy atom. The summed E-state index contributed by atoms with van der Waals surface area (Å²) in [6, 6.07) is 1.82. The van der Waals surface area contributed by atoms with E-state index >= 15 is 0 Å². The van der Waals surface area contributed by atoms with Gasteiger partial charge < -0.3 is 8.85 Å². The number of rotatable bonds is 9. The molecule has 84 valence electrons. The summed E-state index contributed by atoms with van der Waals surface area (Å²) < 4.78 is 11.6. The van der Waals surface area contributed by atoms with Crippen LogP contribution in [0.2, 0.25) is 12.1 Å². The minimum atomic E-state index is -2.02. The van der Waals surface area contributed by atoms with E-state index in [0.29, 0.717) is 19.1 Å². The van der Waals surface area contributed by atoms with Crippen molar-refractivity contribution in [1.29, 1.82) is 0 Å². The molecule has 0 aromatic heterocycles. The highest BCUT2D eigenvalue weighted by Gasteiger charge is 2.34. The van der Waals surface area contributed by atoms with E-state index in [9.17, 15) is 0 Å². The van der Waals surface area contributed by atoms with Crippen LogP contribution in [0.5, 0.6) is 0 Å². The topological polar surface area (TPSA) is 18.5 Å². The van der Waals surface area contributed by atoms with Crippen molar-refractivity contribution in [2.24, 2.45) is 0 Å². The van der Waals surface area contributed by atoms with Crippen LogP contribution in [-0.2, 0) is 8.85 Å². The van der Waals surface area contributed by atoms with E-state index in [0.717, 1.165) is 18.5 Å². The van der Waals surface area contributed by atoms with E-state index in [1.807, 2.05) is 19.9 Å². The van der Waals surface area contributed by atoms with Crippen LogP contribution in [0.1, 0.15) is 20.3 Å². The molecule has 0 unspecified atom stereocenters. The molecule has 0 fully saturated rings. The second kappa shape index (κ2) is 8.47. The van der Waals surface area contributed by atoms with E-state index in [1.165, 1.54) is 0 Å². The van der Waals surface area contributed by atoms with Crippen molar-refractivity contribution < 1.29 is 8.85 Å². The molecule has 0 saturated heterocycles. The summed E-state index contributed by atoms with van der Waals surface area (Å²) in [6.45, 7) is 9.19. The molecular formula is C10H21ClO2Si. The van der Waals surface area contributed by atoms with E-state index in [4.69, 9.17) is 20.5 Å². The van der Waals surface area contributed by atoms with Crippen molar-refractivity contribution >= 4 is 20.2 Å². The molecule has 0 bridgehead atoms. The van der Waals surface area contributed by atoms with Gasteiger partial charge in [0.05, 0.1) is 0 Å². The fourth-order valence-corrected chi connectivity index (χ4v) is 4.87. The zero-order chi connectivity index (χ0) is 10.9. The van der Waals surface area contributed by atoms with Crippen LogP contribution < -0.4 is 0 Å². The Morgan fingerprint density at radius 3 is 2.21 bits per heavy atom. The van der Waals surface area contributed by atoms with E-state index in [2.05, 4.69) is 6.58 Å². The summed E-state index contributed by atoms with van der Waals surface area (Å²) in [7, 11) is -2.02. The summed E-state index contributed by atoms with van der Waals surface area (Å²) in [4.78, 5) is 0. The Morgan fingerprint density at radius 1 is 1.29 bits per heavy atom. The lowest BCUT2D eigenvalue weighted by atomic mass is 10.6. The van der Waals surface area contributed by atoms with Crippen molar-refractivity contribution in [2.75, 3.05) is 19.1 Å². The standard InChI is InChI=1S/C10H21ClO2Si/c1-4-9-14(12-5-2,13-6-3)10-7-8-11/h4H,1,5-10H2,2-3H3. The summed E-state index contributed by atoms with van der Waals surface area (Å²) in [6.07, 6.45) is 2.85. The Hall–Kier alpha value is 0.167. The van der Waals surface area contributed by atoms with Crippen molar-refractivity contribution in [3.8, 4) is 0 Å². The SMILES string of the molecule is C=CC[Si](CCCCl)(OCC)OCC. The van der Waals surface area contributed by atoms with Gasteiger partial charge in [-0.2, -0.15) is 0 Å². The Kier molecular flexibility index (Phi) is 8.57. The van der Waals surface area contributed by atoms with Gasteiger partial charge in [0.15, 0.2) is 0 Å². The van der Waals surface area contributed by atoms with Crippen LogP contribution in [-0.4, -0.2) is 27.7 Å². The van der Waals surface area contributed by atoms with Crippen LogP contribution in [0.3, 0.4) is 0 Å². The van der Waals surface area contributed by atoms with Gasteiger partial charge in [0.2, 0.25) is 0 Å². The highest BCUT2D eigenvalue weighted by molar-refractivity contribution is 6.68. The smallest absolute Gasteiger partial charge is 0.342 e. The number of hydrogen-bond donors (Lipinski definition) is 0. The van der Waals surface area contributed by atoms with Gasteiger partial charge in [0.1, 0.15) is 0 Å². The van der Waals surface area contributed by atoms with Crippen molar-refractivity contribution in [2.45, 2.75) is 32.4 Å². The minimum Gasteiger partial charge on any atom is -0.394 e. The third-order valence-corrected chi connectivity index (χ3v) is 5.88. The van der Waals surface area contributed by atoms with Gasteiger partial charge in [0.25, 0.3) is 0 Å². The summed E-state index contributed by atoms with van der Waals surface area (Å²) in [5, 5.41) is 0. The first-order valence-electron chi connectivity index (χ1n) is 5.19. The van der Waals surface area contributed by atoms with Crippen LogP contribution in [0.15, 0.2) is 12.7 Å². The maximum Gasteiger partial charge on any atom is 0.342 e. The fraction of sp³-hybridized carbons (Fsp3) is 0.800. The van der Waals surface area contributed by atoms with Gasteiger partial charge in [-0.15, -0.1) is 18.2 Å². The Labute approximate surface area is 93.5 Å². The minimum absolute atomic E-state index is 0.673. The summed E-state index contributed by atoms with van der Waals surface area (Å²) in [5.41, 5.74) is 0. The molecule has 0 aliphatic heterocycles. The normalized spacial score (nSPS) is 11.6. The molecule has 0 aliphatic rings. The first-order valence-corrected chi connectivity index (χ1v) is 7.96. The lowest BCUT2D eigenvalue weighted by molar-refractivity contribution is 0.185. The molecule has 0 atom stereocenters. The molecule has 0 saturated carbocycles. The highest BCUT2D eigenvalue weighted by atomic mass is 35.5. The van der Waals surface area contributed by atoms with E-state index in [1.54, 1.807) is 0 Å². The molecule has 0 spiro atoms. The van der Waals surface area contributed by atoms with Crippen molar-refractivity contribution in [1.82, 2.24) is 0 Å². The molecule has 0 heterocycles. The number of alkyl halides is 1. The molecule has 14 heavy (non-hydrogen) atoms. The van der Waals surface area contributed by atoms with Crippen molar-refractivity contribution in [3.63, 3.8) is 0 Å². The Bertz CT molecular complexity index is 147. The largest absolute Gasteiger partial charge is 0.394 e. The molecule has 0 N–H and O–H groups in total. The van der Waals surface area contributed by atoms with Gasteiger partial charge in [-0.05, 0) is 26.3 Å². The summed E-state index contributed by atoms with van der Waals surface area (Å²) >= 11 is 5.69. The molecule has 0 amide bonds. The first-order chi connectivity index (χ1) is 6.74. The first kappa shape index (κ1) is 14.2. The zero-order valence-electron chi connectivity index (χ0n) is 9.22. The third kappa shape index (κ3) is 5.15. The number of halogens is 1. The predicted molar refractivity (Wildman–Crippen MR) is 64.2 cm³/mol. The monoisotopic (exact) mass is 236 g/mol. The molecule has 0 radical (unpaired) electrons. The predicted octanol–water partition coefficient (Wildman–Crippen LogP) is 3.32. The maximum atomic E-state index is 5.80. The quantitative estimate of drug-likeness (QED) is 0.347. The van der Waals surface area contributed by atoms with Crippen molar-refractivity contribution in [3.05, 3.63) is 12.7 Å². The summed E-state index contributed by atoms with van der Waals surface area (Å²) in [5.74, 6) is 0.673. The van der Waals surface area contributed by atoms with Gasteiger partial charge in [-0.1, -0.05) is 6.08 Å².